The number of halogens is 1. The Kier molecular flexibility index (Phi) is 3.69. The molecular weight excluding hydrogens is 347 g/mol. The van der Waals surface area contributed by atoms with E-state index in [2.05, 4.69) is 10.3 Å². The van der Waals surface area contributed by atoms with Gasteiger partial charge >= 0.3 is 5.97 Å². The van der Waals surface area contributed by atoms with Crippen LogP contribution in [0, 0.1) is 5.82 Å². The van der Waals surface area contributed by atoms with Crippen LogP contribution in [0.3, 0.4) is 0 Å². The minimum atomic E-state index is -0.701. The number of rotatable bonds is 4. The van der Waals surface area contributed by atoms with Crippen LogP contribution in [-0.4, -0.2) is 25.2 Å². The lowest BCUT2D eigenvalue weighted by Crippen LogP contribution is -2.09. The number of nitrogens with one attached hydrogen (secondary N) is 1. The highest BCUT2D eigenvalue weighted by atomic mass is 32.1. The molecule has 0 radical (unpaired) electrons. The zero-order valence-electron chi connectivity index (χ0n) is 13.3. The number of anilines is 1. The Morgan fingerprint density at radius 3 is 2.84 bits per heavy atom. The summed E-state index contributed by atoms with van der Waals surface area (Å²) in [7, 11) is 2.97. The van der Waals surface area contributed by atoms with Crippen molar-refractivity contribution < 1.29 is 23.4 Å². The molecule has 25 heavy (non-hydrogen) atoms. The molecule has 4 rings (SSSR count). The molecule has 2 aromatic carbocycles. The molecule has 1 aromatic heterocycles. The van der Waals surface area contributed by atoms with Crippen molar-refractivity contribution in [1.29, 1.82) is 0 Å². The molecule has 0 amide bonds. The van der Waals surface area contributed by atoms with Crippen molar-refractivity contribution in [2.45, 2.75) is 6.23 Å². The van der Waals surface area contributed by atoms with Crippen molar-refractivity contribution in [3.05, 3.63) is 47.3 Å². The molecule has 128 valence electrons. The molecule has 0 spiro atoms. The molecule has 0 unspecified atom stereocenters. The summed E-state index contributed by atoms with van der Waals surface area (Å²) in [6, 6.07) is 7.83. The largest absolute Gasteiger partial charge is 0.493 e. The van der Waals surface area contributed by atoms with Gasteiger partial charge in [0.25, 0.3) is 0 Å². The van der Waals surface area contributed by atoms with E-state index in [-0.39, 0.29) is 5.82 Å². The first kappa shape index (κ1) is 15.6. The van der Waals surface area contributed by atoms with E-state index < -0.39 is 12.2 Å². The second-order valence-electron chi connectivity index (χ2n) is 5.33. The number of benzene rings is 2. The molecule has 0 saturated heterocycles. The van der Waals surface area contributed by atoms with Crippen LogP contribution in [0.4, 0.5) is 9.52 Å². The summed E-state index contributed by atoms with van der Waals surface area (Å²) >= 11 is 1.28. The highest BCUT2D eigenvalue weighted by molar-refractivity contribution is 7.22. The maximum absolute atomic E-state index is 13.3. The summed E-state index contributed by atoms with van der Waals surface area (Å²) in [4.78, 5) is 16.7. The number of carbonyl (C=O) groups excluding carboxylic acids is 1. The van der Waals surface area contributed by atoms with Crippen molar-refractivity contribution in [2.24, 2.45) is 0 Å². The van der Waals surface area contributed by atoms with E-state index in [1.807, 2.05) is 0 Å². The number of hydrogen-bond donors (Lipinski definition) is 1. The van der Waals surface area contributed by atoms with E-state index in [0.717, 1.165) is 0 Å². The number of cyclic esters (lactones) is 1. The fraction of sp³-hybridized carbons (Fsp3) is 0.176. The third-order valence-corrected chi connectivity index (χ3v) is 4.84. The summed E-state index contributed by atoms with van der Waals surface area (Å²) in [6.45, 7) is 0. The zero-order chi connectivity index (χ0) is 17.6. The Hall–Kier alpha value is -2.87. The Bertz CT molecular complexity index is 988. The molecule has 0 aliphatic carbocycles. The van der Waals surface area contributed by atoms with E-state index in [1.165, 1.54) is 37.7 Å². The lowest BCUT2D eigenvalue weighted by molar-refractivity contribution is 0.0435. The van der Waals surface area contributed by atoms with Crippen LogP contribution in [0.25, 0.3) is 10.2 Å². The van der Waals surface area contributed by atoms with Gasteiger partial charge in [0.15, 0.2) is 16.6 Å². The number of carbonyl (C=O) groups is 1. The maximum atomic E-state index is 13.3. The van der Waals surface area contributed by atoms with Gasteiger partial charge in [0, 0.05) is 5.56 Å². The molecule has 1 aliphatic rings. The molecule has 0 bridgehead atoms. The minimum Gasteiger partial charge on any atom is -0.493 e. The molecule has 3 aromatic rings. The van der Waals surface area contributed by atoms with Gasteiger partial charge in [-0.05, 0) is 30.3 Å². The number of nitrogens with zero attached hydrogens (tertiary/aromatic N) is 1. The van der Waals surface area contributed by atoms with Crippen molar-refractivity contribution in [2.75, 3.05) is 19.5 Å². The van der Waals surface area contributed by atoms with Crippen molar-refractivity contribution in [3.8, 4) is 11.5 Å². The summed E-state index contributed by atoms with van der Waals surface area (Å²) in [5.74, 6) is -0.0393. The van der Waals surface area contributed by atoms with Gasteiger partial charge < -0.3 is 19.5 Å². The molecule has 0 saturated carbocycles. The average Bonchev–Trinajstić information content (AvgIpc) is 3.14. The molecule has 1 N–H and O–H groups in total. The predicted octanol–water partition coefficient (Wildman–Crippen LogP) is 3.73. The average molecular weight is 360 g/mol. The number of aromatic nitrogens is 1. The van der Waals surface area contributed by atoms with Gasteiger partial charge in [0.05, 0.1) is 24.4 Å². The van der Waals surface area contributed by atoms with Gasteiger partial charge in [-0.2, -0.15) is 0 Å². The van der Waals surface area contributed by atoms with Crippen molar-refractivity contribution in [3.63, 3.8) is 0 Å². The number of thiazole rings is 1. The first-order valence-electron chi connectivity index (χ1n) is 7.39. The fourth-order valence-electron chi connectivity index (χ4n) is 2.78. The van der Waals surface area contributed by atoms with Gasteiger partial charge in [-0.15, -0.1) is 0 Å². The number of hydrogen-bond acceptors (Lipinski definition) is 7. The van der Waals surface area contributed by atoms with Crippen molar-refractivity contribution in [1.82, 2.24) is 4.98 Å². The van der Waals surface area contributed by atoms with Crippen LogP contribution in [0.1, 0.15) is 22.1 Å². The molecular formula is C17H13FN2O4S. The highest BCUT2D eigenvalue weighted by Crippen LogP contribution is 2.42. The summed E-state index contributed by atoms with van der Waals surface area (Å²) in [5, 5.41) is 3.60. The molecule has 6 nitrogen and oxygen atoms in total. The van der Waals surface area contributed by atoms with Crippen LogP contribution < -0.4 is 14.8 Å². The number of esters is 1. The topological polar surface area (TPSA) is 69.7 Å². The lowest BCUT2D eigenvalue weighted by Gasteiger charge is -2.13. The maximum Gasteiger partial charge on any atom is 0.344 e. The lowest BCUT2D eigenvalue weighted by atomic mass is 10.1. The van der Waals surface area contributed by atoms with Crippen LogP contribution in [0.2, 0.25) is 0 Å². The SMILES string of the molecule is COc1ccc2c(c1OC)C(=O)O[C@H]2Nc1nc2ccc(F)cc2s1. The summed E-state index contributed by atoms with van der Waals surface area (Å²) in [5.41, 5.74) is 1.63. The van der Waals surface area contributed by atoms with Crippen LogP contribution >= 0.6 is 11.3 Å². The number of fused-ring (bicyclic) bond motifs is 2. The first-order chi connectivity index (χ1) is 12.1. The van der Waals surface area contributed by atoms with E-state index in [4.69, 9.17) is 14.2 Å². The third-order valence-electron chi connectivity index (χ3n) is 3.89. The van der Waals surface area contributed by atoms with E-state index in [9.17, 15) is 9.18 Å². The Morgan fingerprint density at radius 1 is 1.24 bits per heavy atom. The second-order valence-corrected chi connectivity index (χ2v) is 6.36. The summed E-state index contributed by atoms with van der Waals surface area (Å²) in [6.07, 6.45) is -0.701. The number of ether oxygens (including phenoxy) is 3. The van der Waals surface area contributed by atoms with Gasteiger partial charge in [0.1, 0.15) is 11.4 Å². The smallest absolute Gasteiger partial charge is 0.344 e. The van der Waals surface area contributed by atoms with E-state index in [0.29, 0.717) is 38.0 Å². The van der Waals surface area contributed by atoms with Crippen LogP contribution in [0.5, 0.6) is 11.5 Å². The first-order valence-corrected chi connectivity index (χ1v) is 8.21. The van der Waals surface area contributed by atoms with Crippen molar-refractivity contribution >= 4 is 32.7 Å². The monoisotopic (exact) mass is 360 g/mol. The van der Waals surface area contributed by atoms with Gasteiger partial charge in [-0.3, -0.25) is 0 Å². The quantitative estimate of drug-likeness (QED) is 0.715. The van der Waals surface area contributed by atoms with E-state index >= 15 is 0 Å². The summed E-state index contributed by atoms with van der Waals surface area (Å²) < 4.78 is 29.9. The van der Waals surface area contributed by atoms with Crippen LogP contribution in [-0.2, 0) is 4.74 Å². The minimum absolute atomic E-state index is 0.322. The van der Waals surface area contributed by atoms with Gasteiger partial charge in [-0.1, -0.05) is 11.3 Å². The molecule has 8 heteroatoms. The second kappa shape index (κ2) is 5.89. The van der Waals surface area contributed by atoms with Crippen LogP contribution in [0.15, 0.2) is 30.3 Å². The molecule has 0 fully saturated rings. The Labute approximate surface area is 146 Å². The molecule has 1 atom stereocenters. The standard InChI is InChI=1S/C17H13FN2O4S/c1-22-11-6-4-9-13(14(11)23-2)16(21)24-15(9)20-17-19-10-5-3-8(18)7-12(10)25-17/h3-7,15H,1-2H3,(H,19,20)/t15-/m1/s1. The normalized spacial score (nSPS) is 15.8. The highest BCUT2D eigenvalue weighted by Gasteiger charge is 2.36. The predicted molar refractivity (Wildman–Crippen MR) is 90.9 cm³/mol. The zero-order valence-corrected chi connectivity index (χ0v) is 14.1. The Morgan fingerprint density at radius 2 is 2.08 bits per heavy atom. The number of methoxy groups -OCH3 is 2. The third kappa shape index (κ3) is 2.54. The van der Waals surface area contributed by atoms with E-state index in [1.54, 1.807) is 18.2 Å². The fourth-order valence-corrected chi connectivity index (χ4v) is 3.69. The Balaban J connectivity index is 1.70. The molecule has 1 aliphatic heterocycles. The van der Waals surface area contributed by atoms with Gasteiger partial charge in [0.2, 0.25) is 6.23 Å². The van der Waals surface area contributed by atoms with Gasteiger partial charge in [-0.25, -0.2) is 14.2 Å². The molecule has 2 heterocycles.